The monoisotopic (exact) mass is 222 g/mol. The van der Waals surface area contributed by atoms with Crippen molar-refractivity contribution in [3.8, 4) is 0 Å². The largest absolute Gasteiger partial charge is 0.477 e. The number of carboxylic acid groups (broad SMARTS) is 1. The molecule has 16 heavy (non-hydrogen) atoms. The topological polar surface area (TPSA) is 72.3 Å². The summed E-state index contributed by atoms with van der Waals surface area (Å²) in [6, 6.07) is 1.49. The highest BCUT2D eigenvalue weighted by molar-refractivity contribution is 5.85. The molecule has 1 aromatic rings. The Morgan fingerprint density at radius 3 is 2.75 bits per heavy atom. The van der Waals surface area contributed by atoms with Crippen LogP contribution in [0, 0.1) is 6.92 Å². The number of nitrogens with zero attached hydrogens (tertiary/aromatic N) is 2. The Labute approximate surface area is 93.5 Å². The number of aromatic nitrogens is 2. The lowest BCUT2D eigenvalue weighted by Gasteiger charge is -2.21. The summed E-state index contributed by atoms with van der Waals surface area (Å²) in [5.41, 5.74) is 0.780. The van der Waals surface area contributed by atoms with Crippen molar-refractivity contribution in [2.24, 2.45) is 0 Å². The third-order valence-electron chi connectivity index (χ3n) is 2.68. The van der Waals surface area contributed by atoms with E-state index in [9.17, 15) is 4.79 Å². The zero-order chi connectivity index (χ0) is 11.5. The maximum atomic E-state index is 10.9. The van der Waals surface area contributed by atoms with Gasteiger partial charge in [0, 0.05) is 24.8 Å². The van der Waals surface area contributed by atoms with Crippen molar-refractivity contribution in [1.29, 1.82) is 0 Å². The molecule has 1 saturated heterocycles. The van der Waals surface area contributed by atoms with Crippen molar-refractivity contribution >= 4 is 5.97 Å². The molecule has 0 bridgehead atoms. The van der Waals surface area contributed by atoms with E-state index >= 15 is 0 Å². The molecular weight excluding hydrogens is 208 g/mol. The summed E-state index contributed by atoms with van der Waals surface area (Å²) in [7, 11) is 0. The zero-order valence-electron chi connectivity index (χ0n) is 9.14. The molecule has 0 radical (unpaired) electrons. The summed E-state index contributed by atoms with van der Waals surface area (Å²) in [6.45, 7) is 3.19. The molecule has 0 atom stereocenters. The fourth-order valence-electron chi connectivity index (χ4n) is 1.84. The van der Waals surface area contributed by atoms with Crippen LogP contribution in [0.3, 0.4) is 0 Å². The predicted octanol–water partition coefficient (Wildman–Crippen LogP) is 1.38. The lowest BCUT2D eigenvalue weighted by Crippen LogP contribution is -2.18. The second-order valence-electron chi connectivity index (χ2n) is 3.94. The van der Waals surface area contributed by atoms with Crippen LogP contribution in [0.25, 0.3) is 0 Å². The number of hydrogen-bond acceptors (Lipinski definition) is 4. The molecule has 0 aromatic carbocycles. The van der Waals surface area contributed by atoms with Crippen LogP contribution in [-0.4, -0.2) is 34.3 Å². The van der Waals surface area contributed by atoms with E-state index in [4.69, 9.17) is 9.84 Å². The first-order chi connectivity index (χ1) is 7.66. The molecule has 5 nitrogen and oxygen atoms in total. The fraction of sp³-hybridized carbons (Fsp3) is 0.545. The van der Waals surface area contributed by atoms with Gasteiger partial charge in [0.25, 0.3) is 0 Å². The molecule has 0 aliphatic carbocycles. The first-order valence-corrected chi connectivity index (χ1v) is 5.33. The smallest absolute Gasteiger partial charge is 0.354 e. The van der Waals surface area contributed by atoms with Gasteiger partial charge in [0.1, 0.15) is 5.82 Å². The molecule has 1 N–H and O–H groups in total. The van der Waals surface area contributed by atoms with Crippen molar-refractivity contribution in [2.45, 2.75) is 25.7 Å². The first-order valence-electron chi connectivity index (χ1n) is 5.33. The predicted molar refractivity (Wildman–Crippen MR) is 56.5 cm³/mol. The van der Waals surface area contributed by atoms with Gasteiger partial charge in [-0.2, -0.15) is 0 Å². The van der Waals surface area contributed by atoms with Gasteiger partial charge in [-0.3, -0.25) is 0 Å². The minimum Gasteiger partial charge on any atom is -0.477 e. The normalized spacial score (nSPS) is 17.3. The Bertz CT molecular complexity index is 400. The highest BCUT2D eigenvalue weighted by Crippen LogP contribution is 2.24. The maximum absolute atomic E-state index is 10.9. The Kier molecular flexibility index (Phi) is 3.14. The maximum Gasteiger partial charge on any atom is 0.354 e. The average Bonchev–Trinajstić information content (AvgIpc) is 2.29. The van der Waals surface area contributed by atoms with Gasteiger partial charge in [-0.25, -0.2) is 14.8 Å². The third-order valence-corrected chi connectivity index (χ3v) is 2.68. The van der Waals surface area contributed by atoms with Crippen LogP contribution in [0.5, 0.6) is 0 Å². The van der Waals surface area contributed by atoms with Crippen LogP contribution in [0.15, 0.2) is 6.07 Å². The van der Waals surface area contributed by atoms with E-state index in [2.05, 4.69) is 9.97 Å². The molecule has 0 unspecified atom stereocenters. The van der Waals surface area contributed by atoms with Crippen LogP contribution in [-0.2, 0) is 4.74 Å². The van der Waals surface area contributed by atoms with E-state index in [0.717, 1.165) is 12.8 Å². The number of ether oxygens (including phenoxy) is 1. The number of carboxylic acids is 1. The highest BCUT2D eigenvalue weighted by Gasteiger charge is 2.20. The van der Waals surface area contributed by atoms with Gasteiger partial charge in [0.2, 0.25) is 0 Å². The Balaban J connectivity index is 2.28. The van der Waals surface area contributed by atoms with Crippen molar-refractivity contribution in [3.05, 3.63) is 23.3 Å². The average molecular weight is 222 g/mol. The third kappa shape index (κ3) is 2.36. The van der Waals surface area contributed by atoms with Gasteiger partial charge in [-0.15, -0.1) is 0 Å². The van der Waals surface area contributed by atoms with Crippen molar-refractivity contribution < 1.29 is 14.6 Å². The van der Waals surface area contributed by atoms with E-state index in [0.29, 0.717) is 24.7 Å². The fourth-order valence-corrected chi connectivity index (χ4v) is 1.84. The molecule has 2 rings (SSSR count). The zero-order valence-corrected chi connectivity index (χ0v) is 9.14. The molecular formula is C11H14N2O3. The van der Waals surface area contributed by atoms with Crippen molar-refractivity contribution in [1.82, 2.24) is 9.97 Å². The summed E-state index contributed by atoms with van der Waals surface area (Å²) < 4.78 is 5.26. The summed E-state index contributed by atoms with van der Waals surface area (Å²) >= 11 is 0. The van der Waals surface area contributed by atoms with Gasteiger partial charge < -0.3 is 9.84 Å². The Morgan fingerprint density at radius 2 is 2.12 bits per heavy atom. The number of aromatic carboxylic acids is 1. The molecule has 86 valence electrons. The number of carbonyl (C=O) groups is 1. The summed E-state index contributed by atoms with van der Waals surface area (Å²) in [6.07, 6.45) is 1.73. The minimum absolute atomic E-state index is 0.0778. The van der Waals surface area contributed by atoms with E-state index in [-0.39, 0.29) is 11.6 Å². The van der Waals surface area contributed by atoms with E-state index < -0.39 is 5.97 Å². The van der Waals surface area contributed by atoms with Gasteiger partial charge in [-0.1, -0.05) is 0 Å². The SMILES string of the molecule is Cc1cc(C(=O)O)nc(C2CCOCC2)n1. The van der Waals surface area contributed by atoms with Gasteiger partial charge in [0.15, 0.2) is 5.69 Å². The van der Waals surface area contributed by atoms with Gasteiger partial charge in [-0.05, 0) is 25.8 Å². The highest BCUT2D eigenvalue weighted by atomic mass is 16.5. The lowest BCUT2D eigenvalue weighted by molar-refractivity contribution is 0.0687. The molecule has 2 heterocycles. The molecule has 1 aliphatic rings. The Hall–Kier alpha value is -1.49. The number of hydrogen-bond donors (Lipinski definition) is 1. The minimum atomic E-state index is -1.00. The second-order valence-corrected chi connectivity index (χ2v) is 3.94. The van der Waals surface area contributed by atoms with Crippen LogP contribution >= 0.6 is 0 Å². The first kappa shape index (κ1) is 11.0. The lowest BCUT2D eigenvalue weighted by atomic mass is 9.99. The number of rotatable bonds is 2. The second kappa shape index (κ2) is 4.57. The van der Waals surface area contributed by atoms with Crippen LogP contribution in [0.1, 0.15) is 40.8 Å². The summed E-state index contributed by atoms with van der Waals surface area (Å²) in [4.78, 5) is 19.3. The van der Waals surface area contributed by atoms with Crippen LogP contribution < -0.4 is 0 Å². The molecule has 0 amide bonds. The molecule has 0 saturated carbocycles. The molecule has 0 spiro atoms. The molecule has 5 heteroatoms. The van der Waals surface area contributed by atoms with Crippen molar-refractivity contribution in [3.63, 3.8) is 0 Å². The standard InChI is InChI=1S/C11H14N2O3/c1-7-6-9(11(14)15)13-10(12-7)8-2-4-16-5-3-8/h6,8H,2-5H2,1H3,(H,14,15). The summed E-state index contributed by atoms with van der Waals surface area (Å²) in [5.74, 6) is -0.133. The number of aryl methyl sites for hydroxylation is 1. The van der Waals surface area contributed by atoms with E-state index in [1.165, 1.54) is 6.07 Å². The molecule has 1 fully saturated rings. The van der Waals surface area contributed by atoms with E-state index in [1.807, 2.05) is 0 Å². The van der Waals surface area contributed by atoms with Crippen LogP contribution in [0.4, 0.5) is 0 Å². The summed E-state index contributed by atoms with van der Waals surface area (Å²) in [5, 5.41) is 8.92. The van der Waals surface area contributed by atoms with Crippen LogP contribution in [0.2, 0.25) is 0 Å². The van der Waals surface area contributed by atoms with Gasteiger partial charge in [0.05, 0.1) is 0 Å². The quantitative estimate of drug-likeness (QED) is 0.818. The Morgan fingerprint density at radius 1 is 1.44 bits per heavy atom. The van der Waals surface area contributed by atoms with Gasteiger partial charge >= 0.3 is 5.97 Å². The molecule has 1 aliphatic heterocycles. The molecule has 1 aromatic heterocycles. The van der Waals surface area contributed by atoms with Crippen molar-refractivity contribution in [2.75, 3.05) is 13.2 Å². The van der Waals surface area contributed by atoms with E-state index in [1.54, 1.807) is 6.92 Å².